The second-order valence-electron chi connectivity index (χ2n) is 4.16. The zero-order valence-corrected chi connectivity index (χ0v) is 13.2. The van der Waals surface area contributed by atoms with Crippen LogP contribution in [0.1, 0.15) is 10.4 Å². The summed E-state index contributed by atoms with van der Waals surface area (Å²) < 4.78 is 5.14. The number of hydrogen-bond acceptors (Lipinski definition) is 3. The molecule has 0 heterocycles. The molecule has 0 atom stereocenters. The third-order valence-electron chi connectivity index (χ3n) is 2.73. The Morgan fingerprint density at radius 1 is 1.10 bits per heavy atom. The molecule has 0 unspecified atom stereocenters. The Morgan fingerprint density at radius 3 is 2.43 bits per heavy atom. The molecule has 0 radical (unpaired) electrons. The smallest absolute Gasteiger partial charge is 0.259 e. The third kappa shape index (κ3) is 3.53. The molecule has 0 aliphatic carbocycles. The lowest BCUT2D eigenvalue weighted by molar-refractivity contribution is 0.102. The van der Waals surface area contributed by atoms with Gasteiger partial charge in [0.05, 0.1) is 33.4 Å². The zero-order chi connectivity index (χ0) is 15.6. The van der Waals surface area contributed by atoms with Crippen LogP contribution in [0.15, 0.2) is 30.3 Å². The highest BCUT2D eigenvalue weighted by Crippen LogP contribution is 2.33. The number of amides is 1. The Kier molecular flexibility index (Phi) is 4.83. The molecule has 0 aliphatic rings. The van der Waals surface area contributed by atoms with Crippen molar-refractivity contribution in [1.82, 2.24) is 0 Å². The molecule has 21 heavy (non-hydrogen) atoms. The molecular weight excluding hydrogens is 335 g/mol. The van der Waals surface area contributed by atoms with Gasteiger partial charge in [-0.25, -0.2) is 0 Å². The van der Waals surface area contributed by atoms with Crippen LogP contribution in [-0.4, -0.2) is 13.0 Å². The molecule has 0 spiro atoms. The van der Waals surface area contributed by atoms with E-state index in [-0.39, 0.29) is 10.0 Å². The Bertz CT molecular complexity index is 705. The normalized spacial score (nSPS) is 10.3. The summed E-state index contributed by atoms with van der Waals surface area (Å²) in [7, 11) is 1.47. The first-order valence-electron chi connectivity index (χ1n) is 5.81. The van der Waals surface area contributed by atoms with E-state index in [1.807, 2.05) is 0 Å². The fourth-order valence-electron chi connectivity index (χ4n) is 1.71. The summed E-state index contributed by atoms with van der Waals surface area (Å²) in [5, 5.41) is 3.52. The highest BCUT2D eigenvalue weighted by molar-refractivity contribution is 6.44. The largest absolute Gasteiger partial charge is 0.496 e. The maximum absolute atomic E-state index is 12.3. The summed E-state index contributed by atoms with van der Waals surface area (Å²) in [5.41, 5.74) is 6.77. The van der Waals surface area contributed by atoms with Crippen molar-refractivity contribution >= 4 is 52.1 Å². The topological polar surface area (TPSA) is 64.3 Å². The van der Waals surface area contributed by atoms with Gasteiger partial charge in [0.15, 0.2) is 0 Å². The van der Waals surface area contributed by atoms with Crippen LogP contribution in [0, 0.1) is 0 Å². The molecule has 2 aromatic carbocycles. The van der Waals surface area contributed by atoms with Crippen LogP contribution in [0.3, 0.4) is 0 Å². The molecule has 110 valence electrons. The number of ether oxygens (including phenoxy) is 1. The number of carbonyl (C=O) groups is 1. The number of rotatable bonds is 3. The predicted octanol–water partition coefficient (Wildman–Crippen LogP) is 4.49. The van der Waals surface area contributed by atoms with Crippen molar-refractivity contribution in [3.05, 3.63) is 51.0 Å². The fourth-order valence-corrected chi connectivity index (χ4v) is 2.31. The average molecular weight is 346 g/mol. The van der Waals surface area contributed by atoms with Crippen LogP contribution in [0.2, 0.25) is 15.1 Å². The van der Waals surface area contributed by atoms with Gasteiger partial charge in [-0.05, 0) is 30.3 Å². The lowest BCUT2D eigenvalue weighted by Gasteiger charge is -2.12. The third-order valence-corrected chi connectivity index (χ3v) is 3.76. The number of methoxy groups -OCH3 is 1. The van der Waals surface area contributed by atoms with E-state index >= 15 is 0 Å². The van der Waals surface area contributed by atoms with Gasteiger partial charge in [0.25, 0.3) is 5.91 Å². The van der Waals surface area contributed by atoms with Crippen LogP contribution in [0.5, 0.6) is 5.75 Å². The van der Waals surface area contributed by atoms with Crippen molar-refractivity contribution in [3.8, 4) is 5.75 Å². The highest BCUT2D eigenvalue weighted by Gasteiger charge is 2.15. The molecule has 0 bridgehead atoms. The van der Waals surface area contributed by atoms with E-state index in [1.54, 1.807) is 12.1 Å². The minimum atomic E-state index is -0.417. The summed E-state index contributed by atoms with van der Waals surface area (Å²) in [6.07, 6.45) is 0. The first kappa shape index (κ1) is 15.8. The van der Waals surface area contributed by atoms with E-state index in [0.717, 1.165) is 0 Å². The first-order valence-corrected chi connectivity index (χ1v) is 6.95. The molecule has 7 heteroatoms. The van der Waals surface area contributed by atoms with Gasteiger partial charge in [-0.3, -0.25) is 4.79 Å². The van der Waals surface area contributed by atoms with E-state index in [1.165, 1.54) is 25.3 Å². The summed E-state index contributed by atoms with van der Waals surface area (Å²) in [5.74, 6) is -0.0164. The van der Waals surface area contributed by atoms with Crippen LogP contribution in [0.25, 0.3) is 0 Å². The van der Waals surface area contributed by atoms with Crippen LogP contribution >= 0.6 is 34.8 Å². The SMILES string of the molecule is COc1ccc(N)cc1C(=O)Nc1cc(Cl)c(Cl)cc1Cl. The summed E-state index contributed by atoms with van der Waals surface area (Å²) in [6.45, 7) is 0. The minimum absolute atomic E-state index is 0.278. The highest BCUT2D eigenvalue weighted by atomic mass is 35.5. The van der Waals surface area contributed by atoms with E-state index in [2.05, 4.69) is 5.32 Å². The number of anilines is 2. The molecule has 3 N–H and O–H groups in total. The molecule has 0 aromatic heterocycles. The van der Waals surface area contributed by atoms with Gasteiger partial charge in [0.2, 0.25) is 0 Å². The van der Waals surface area contributed by atoms with E-state index in [0.29, 0.717) is 27.7 Å². The van der Waals surface area contributed by atoms with Crippen LogP contribution in [-0.2, 0) is 0 Å². The number of nitrogens with one attached hydrogen (secondary N) is 1. The number of benzene rings is 2. The second-order valence-corrected chi connectivity index (χ2v) is 5.38. The van der Waals surface area contributed by atoms with Gasteiger partial charge in [-0.15, -0.1) is 0 Å². The summed E-state index contributed by atoms with van der Waals surface area (Å²) in [6, 6.07) is 7.70. The van der Waals surface area contributed by atoms with Crippen LogP contribution < -0.4 is 15.8 Å². The predicted molar refractivity (Wildman–Crippen MR) is 86.8 cm³/mol. The van der Waals surface area contributed by atoms with Gasteiger partial charge in [0, 0.05) is 5.69 Å². The van der Waals surface area contributed by atoms with Gasteiger partial charge >= 0.3 is 0 Å². The number of halogens is 3. The molecule has 2 rings (SSSR count). The standard InChI is InChI=1S/C14H11Cl3N2O2/c1-21-13-3-2-7(18)4-8(13)14(20)19-12-6-10(16)9(15)5-11(12)17/h2-6H,18H2,1H3,(H,19,20). The summed E-state index contributed by atoms with van der Waals surface area (Å²) in [4.78, 5) is 12.3. The summed E-state index contributed by atoms with van der Waals surface area (Å²) >= 11 is 17.8. The second kappa shape index (κ2) is 6.43. The van der Waals surface area contributed by atoms with Crippen molar-refractivity contribution < 1.29 is 9.53 Å². The molecule has 0 saturated heterocycles. The van der Waals surface area contributed by atoms with Gasteiger partial charge in [0.1, 0.15) is 5.75 Å². The Labute approximate surface area is 136 Å². The number of carbonyl (C=O) groups excluding carboxylic acids is 1. The maximum Gasteiger partial charge on any atom is 0.259 e. The monoisotopic (exact) mass is 344 g/mol. The molecule has 1 amide bonds. The van der Waals surface area contributed by atoms with E-state index in [9.17, 15) is 4.79 Å². The number of nitrogens with two attached hydrogens (primary N) is 1. The quantitative estimate of drug-likeness (QED) is 0.636. The molecule has 0 saturated carbocycles. The minimum Gasteiger partial charge on any atom is -0.496 e. The average Bonchev–Trinajstić information content (AvgIpc) is 2.44. The van der Waals surface area contributed by atoms with Crippen molar-refractivity contribution in [2.24, 2.45) is 0 Å². The van der Waals surface area contributed by atoms with Crippen molar-refractivity contribution in [3.63, 3.8) is 0 Å². The van der Waals surface area contributed by atoms with Crippen molar-refractivity contribution in [2.75, 3.05) is 18.2 Å². The Balaban J connectivity index is 2.34. The number of hydrogen-bond donors (Lipinski definition) is 2. The zero-order valence-electron chi connectivity index (χ0n) is 10.9. The first-order chi connectivity index (χ1) is 9.92. The molecule has 4 nitrogen and oxygen atoms in total. The van der Waals surface area contributed by atoms with Crippen molar-refractivity contribution in [1.29, 1.82) is 0 Å². The van der Waals surface area contributed by atoms with E-state index in [4.69, 9.17) is 45.3 Å². The van der Waals surface area contributed by atoms with E-state index < -0.39 is 5.91 Å². The Morgan fingerprint density at radius 2 is 1.76 bits per heavy atom. The molecular formula is C14H11Cl3N2O2. The van der Waals surface area contributed by atoms with Crippen molar-refractivity contribution in [2.45, 2.75) is 0 Å². The molecule has 2 aromatic rings. The van der Waals surface area contributed by atoms with Gasteiger partial charge in [-0.2, -0.15) is 0 Å². The number of nitrogen functional groups attached to an aromatic ring is 1. The van der Waals surface area contributed by atoms with Gasteiger partial charge < -0.3 is 15.8 Å². The molecule has 0 aliphatic heterocycles. The Hall–Kier alpha value is -1.62. The maximum atomic E-state index is 12.3. The van der Waals surface area contributed by atoms with Gasteiger partial charge in [-0.1, -0.05) is 34.8 Å². The molecule has 0 fully saturated rings. The fraction of sp³-hybridized carbons (Fsp3) is 0.0714. The lowest BCUT2D eigenvalue weighted by atomic mass is 10.1. The van der Waals surface area contributed by atoms with Crippen LogP contribution in [0.4, 0.5) is 11.4 Å². The lowest BCUT2D eigenvalue weighted by Crippen LogP contribution is -2.14.